The third kappa shape index (κ3) is 1.11. The van der Waals surface area contributed by atoms with Crippen molar-refractivity contribution in [2.75, 3.05) is 0 Å². The quantitative estimate of drug-likeness (QED) is 0.605. The molecule has 66 valence electrons. The summed E-state index contributed by atoms with van der Waals surface area (Å²) in [6, 6.07) is 8.48. The van der Waals surface area contributed by atoms with Crippen molar-refractivity contribution in [3.63, 3.8) is 0 Å². The van der Waals surface area contributed by atoms with E-state index in [-0.39, 0.29) is 0 Å². The van der Waals surface area contributed by atoms with Crippen LogP contribution in [0.3, 0.4) is 0 Å². The van der Waals surface area contributed by atoms with Gasteiger partial charge in [-0.15, -0.1) is 0 Å². The van der Waals surface area contributed by atoms with E-state index in [1.807, 2.05) is 7.05 Å². The number of benzene rings is 1. The van der Waals surface area contributed by atoms with Gasteiger partial charge < -0.3 is 0 Å². The molecule has 1 aromatic carbocycles. The molecule has 0 saturated carbocycles. The summed E-state index contributed by atoms with van der Waals surface area (Å²) in [5.74, 6) is 0. The summed E-state index contributed by atoms with van der Waals surface area (Å²) in [7, 11) is 1.96. The molecule has 0 atom stereocenters. The van der Waals surface area contributed by atoms with Crippen molar-refractivity contribution in [1.82, 2.24) is 4.89 Å². The van der Waals surface area contributed by atoms with Gasteiger partial charge in [-0.05, 0) is 0 Å². The first-order valence-corrected chi connectivity index (χ1v) is 4.98. The molecule has 0 unspecified atom stereocenters. The topological polar surface area (TPSA) is 12.9 Å². The Hall–Kier alpha value is -1.44. The molecule has 3 rings (SSSR count). The van der Waals surface area contributed by atoms with Crippen LogP contribution in [-0.2, 0) is 6.42 Å². The molecule has 0 aliphatic heterocycles. The number of rotatable bonds is 0. The van der Waals surface area contributed by atoms with Crippen LogP contribution in [0.2, 0.25) is 0 Å². The van der Waals surface area contributed by atoms with E-state index in [2.05, 4.69) is 41.3 Å². The maximum atomic E-state index is 4.46. The Morgan fingerprint density at radius 1 is 1.21 bits per heavy atom. The van der Waals surface area contributed by atoms with Crippen molar-refractivity contribution < 1.29 is 0 Å². The number of hydrogen-bond donors (Lipinski definition) is 0. The minimum absolute atomic E-state index is 1.13. The first-order valence-electron chi connectivity index (χ1n) is 4.98. The summed E-state index contributed by atoms with van der Waals surface area (Å²) in [4.78, 5) is 4.46. The van der Waals surface area contributed by atoms with Gasteiger partial charge in [0.2, 0.25) is 0 Å². The van der Waals surface area contributed by atoms with Gasteiger partial charge in [0.05, 0.1) is 0 Å². The molecular weight excluding hydrogens is 169 g/mol. The van der Waals surface area contributed by atoms with E-state index in [4.69, 9.17) is 0 Å². The van der Waals surface area contributed by atoms with Crippen LogP contribution in [0.4, 0.5) is 0 Å². The molecule has 1 nitrogen and oxygen atoms in total. The van der Waals surface area contributed by atoms with Crippen LogP contribution >= 0.6 is 0 Å². The molecule has 0 saturated heterocycles. The Labute approximate surface area is 83.7 Å². The van der Waals surface area contributed by atoms with Gasteiger partial charge in [-0.3, -0.25) is 0 Å². The van der Waals surface area contributed by atoms with Gasteiger partial charge in [0.25, 0.3) is 0 Å². The number of nitrogens with zero attached hydrogens (tertiary/aromatic N) is 1. The molecular formula is C12H10BN. The molecule has 0 amide bonds. The average molecular weight is 179 g/mol. The Bertz CT molecular complexity index is 517. The zero-order valence-electron chi connectivity index (χ0n) is 7.90. The van der Waals surface area contributed by atoms with Crippen LogP contribution in [0, 0.1) is 0 Å². The van der Waals surface area contributed by atoms with Crippen molar-refractivity contribution in [3.05, 3.63) is 41.6 Å². The zero-order chi connectivity index (χ0) is 9.38. The second-order valence-corrected chi connectivity index (χ2v) is 3.65. The molecule has 14 heavy (non-hydrogen) atoms. The van der Waals surface area contributed by atoms with Crippen molar-refractivity contribution >= 4 is 23.8 Å². The fourth-order valence-corrected chi connectivity index (χ4v) is 2.07. The Balaban J connectivity index is 2.41. The molecule has 2 aromatic rings. The van der Waals surface area contributed by atoms with Crippen LogP contribution in [0.5, 0.6) is 0 Å². The fourth-order valence-electron chi connectivity index (χ4n) is 2.07. The van der Waals surface area contributed by atoms with Gasteiger partial charge in [-0.2, -0.15) is 0 Å². The molecule has 1 heterocycles. The summed E-state index contributed by atoms with van der Waals surface area (Å²) < 4.78 is 0. The minimum atomic E-state index is 1.13. The van der Waals surface area contributed by atoms with Gasteiger partial charge in [0.1, 0.15) is 0 Å². The van der Waals surface area contributed by atoms with Crippen LogP contribution in [0.15, 0.2) is 30.3 Å². The molecule has 1 aliphatic rings. The van der Waals surface area contributed by atoms with E-state index in [0.29, 0.717) is 0 Å². The third-order valence-corrected chi connectivity index (χ3v) is 2.77. The standard InChI is InChI=1S/C12H10BN/c1-3-7-11-9(5-1)10-6-2-4-8-12(10)14-13-11/h1,3-5,7-8H,2,6H2. The van der Waals surface area contributed by atoms with Crippen LogP contribution in [0.1, 0.15) is 17.7 Å². The SMILES string of the molecule is b1nc2c(c3ccccc13)CCC=C2. The van der Waals surface area contributed by atoms with Crippen LogP contribution < -0.4 is 0 Å². The van der Waals surface area contributed by atoms with Gasteiger partial charge in [0.15, 0.2) is 0 Å². The Morgan fingerprint density at radius 2 is 2.14 bits per heavy atom. The predicted molar refractivity (Wildman–Crippen MR) is 60.4 cm³/mol. The number of fused-ring (bicyclic) bond motifs is 3. The molecule has 0 bridgehead atoms. The van der Waals surface area contributed by atoms with E-state index in [1.165, 1.54) is 16.2 Å². The summed E-state index contributed by atoms with van der Waals surface area (Å²) >= 11 is 0. The number of aromatic nitrogens is 1. The average Bonchev–Trinajstić information content (AvgIpc) is 2.29. The first kappa shape index (κ1) is 7.92. The molecule has 0 radical (unpaired) electrons. The summed E-state index contributed by atoms with van der Waals surface area (Å²) in [6.45, 7) is 0. The van der Waals surface area contributed by atoms with E-state index < -0.39 is 0 Å². The van der Waals surface area contributed by atoms with Gasteiger partial charge in [0, 0.05) is 0 Å². The zero-order valence-corrected chi connectivity index (χ0v) is 7.90. The molecule has 1 aromatic heterocycles. The van der Waals surface area contributed by atoms with E-state index in [1.54, 1.807) is 0 Å². The van der Waals surface area contributed by atoms with Gasteiger partial charge in [-0.1, -0.05) is 0 Å². The third-order valence-electron chi connectivity index (χ3n) is 2.77. The fraction of sp³-hybridized carbons (Fsp3) is 0.167. The van der Waals surface area contributed by atoms with Crippen molar-refractivity contribution in [2.24, 2.45) is 0 Å². The van der Waals surface area contributed by atoms with Crippen molar-refractivity contribution in [1.29, 1.82) is 0 Å². The first-order chi connectivity index (χ1) is 6.95. The number of aryl methyl sites for hydroxylation is 1. The van der Waals surface area contributed by atoms with E-state index in [0.717, 1.165) is 18.5 Å². The predicted octanol–water partition coefficient (Wildman–Crippen LogP) is 2.53. The van der Waals surface area contributed by atoms with E-state index in [9.17, 15) is 0 Å². The monoisotopic (exact) mass is 179 g/mol. The normalized spacial score (nSPS) is 14.0. The molecule has 0 spiro atoms. The summed E-state index contributed by atoms with van der Waals surface area (Å²) in [5.41, 5.74) is 2.56. The second-order valence-electron chi connectivity index (χ2n) is 3.65. The van der Waals surface area contributed by atoms with Crippen LogP contribution in [0.25, 0.3) is 16.7 Å². The molecule has 2 heteroatoms. The number of allylic oxidation sites excluding steroid dienone is 1. The van der Waals surface area contributed by atoms with Crippen LogP contribution in [-0.4, -0.2) is 11.9 Å². The second kappa shape index (κ2) is 3.05. The summed E-state index contributed by atoms with van der Waals surface area (Å²) in [5, 5.41) is 2.61. The van der Waals surface area contributed by atoms with Crippen molar-refractivity contribution in [3.8, 4) is 0 Å². The Morgan fingerprint density at radius 3 is 3.14 bits per heavy atom. The number of hydrogen-bond acceptors (Lipinski definition) is 1. The van der Waals surface area contributed by atoms with Gasteiger partial charge >= 0.3 is 83.1 Å². The van der Waals surface area contributed by atoms with E-state index >= 15 is 0 Å². The maximum absolute atomic E-state index is 4.46. The summed E-state index contributed by atoms with van der Waals surface area (Å²) in [6.07, 6.45) is 6.60. The molecule has 1 aliphatic carbocycles. The van der Waals surface area contributed by atoms with Crippen molar-refractivity contribution in [2.45, 2.75) is 12.8 Å². The molecule has 0 fully saturated rings. The van der Waals surface area contributed by atoms with Gasteiger partial charge in [-0.25, -0.2) is 0 Å². The molecule has 0 N–H and O–H groups in total. The Kier molecular flexibility index (Phi) is 1.73.